The Balaban J connectivity index is 1.71. The maximum absolute atomic E-state index is 12.5. The average molecular weight is 371 g/mol. The van der Waals surface area contributed by atoms with Gasteiger partial charge in [0.25, 0.3) is 5.91 Å². The van der Waals surface area contributed by atoms with E-state index in [4.69, 9.17) is 9.47 Å². The van der Waals surface area contributed by atoms with Crippen LogP contribution >= 0.6 is 0 Å². The second-order valence-corrected chi connectivity index (χ2v) is 6.22. The second-order valence-electron chi connectivity index (χ2n) is 6.22. The van der Waals surface area contributed by atoms with Gasteiger partial charge in [-0.1, -0.05) is 42.5 Å². The number of carbonyl (C=O) groups is 2. The van der Waals surface area contributed by atoms with E-state index in [0.29, 0.717) is 28.3 Å². The fraction of sp³-hybridized carbons (Fsp3) is 0.0435. The van der Waals surface area contributed by atoms with Gasteiger partial charge in [-0.25, -0.2) is 4.79 Å². The lowest BCUT2D eigenvalue weighted by molar-refractivity contribution is -0.110. The lowest BCUT2D eigenvalue weighted by atomic mass is 10.0. The third-order valence-electron chi connectivity index (χ3n) is 4.41. The molecule has 3 aromatic carbocycles. The molecule has 0 aromatic heterocycles. The van der Waals surface area contributed by atoms with E-state index < -0.39 is 5.97 Å². The Bertz CT molecular complexity index is 1090. The van der Waals surface area contributed by atoms with Gasteiger partial charge in [0.15, 0.2) is 0 Å². The number of fused-ring (bicyclic) bond motifs is 1. The molecule has 0 saturated heterocycles. The summed E-state index contributed by atoms with van der Waals surface area (Å²) in [7, 11) is 1.32. The molecule has 1 heterocycles. The summed E-state index contributed by atoms with van der Waals surface area (Å²) in [4.78, 5) is 24.2. The average Bonchev–Trinajstić information content (AvgIpc) is 3.04. The molecule has 3 aromatic rings. The number of methoxy groups -OCH3 is 1. The standard InChI is InChI=1S/C23H17NO4/c1-27-23(26)16-11-12-18-19(22(25)24-20(18)14-16)13-15-7-5-6-10-21(15)28-17-8-3-2-4-9-17/h2-14H,1H3,(H,24,25). The van der Waals surface area contributed by atoms with Gasteiger partial charge in [0.2, 0.25) is 0 Å². The van der Waals surface area contributed by atoms with Crippen molar-refractivity contribution < 1.29 is 19.1 Å². The van der Waals surface area contributed by atoms with Crippen molar-refractivity contribution in [1.82, 2.24) is 0 Å². The van der Waals surface area contributed by atoms with E-state index in [1.54, 1.807) is 24.3 Å². The van der Waals surface area contributed by atoms with E-state index in [2.05, 4.69) is 5.32 Å². The zero-order valence-corrected chi connectivity index (χ0v) is 15.1. The molecular weight excluding hydrogens is 354 g/mol. The minimum atomic E-state index is -0.448. The van der Waals surface area contributed by atoms with Gasteiger partial charge in [-0.2, -0.15) is 0 Å². The van der Waals surface area contributed by atoms with Crippen LogP contribution in [0.15, 0.2) is 72.8 Å². The van der Waals surface area contributed by atoms with Crippen molar-refractivity contribution in [1.29, 1.82) is 0 Å². The first-order chi connectivity index (χ1) is 13.7. The van der Waals surface area contributed by atoms with Crippen LogP contribution in [0.3, 0.4) is 0 Å². The SMILES string of the molecule is COC(=O)c1ccc2c(c1)NC(=O)C2=Cc1ccccc1Oc1ccccc1. The second kappa shape index (κ2) is 7.40. The van der Waals surface area contributed by atoms with Crippen molar-refractivity contribution in [3.63, 3.8) is 0 Å². The molecule has 0 aliphatic carbocycles. The van der Waals surface area contributed by atoms with Crippen LogP contribution in [0.25, 0.3) is 11.6 Å². The lowest BCUT2D eigenvalue weighted by Crippen LogP contribution is -2.04. The van der Waals surface area contributed by atoms with Gasteiger partial charge in [0.1, 0.15) is 11.5 Å². The first kappa shape index (κ1) is 17.5. The quantitative estimate of drug-likeness (QED) is 0.531. The highest BCUT2D eigenvalue weighted by Crippen LogP contribution is 2.36. The molecule has 138 valence electrons. The first-order valence-corrected chi connectivity index (χ1v) is 8.73. The van der Waals surface area contributed by atoms with E-state index in [1.165, 1.54) is 7.11 Å². The fourth-order valence-electron chi connectivity index (χ4n) is 3.05. The number of esters is 1. The molecular formula is C23H17NO4. The van der Waals surface area contributed by atoms with Crippen LogP contribution in [0, 0.1) is 0 Å². The van der Waals surface area contributed by atoms with Crippen LogP contribution in [0.2, 0.25) is 0 Å². The van der Waals surface area contributed by atoms with Crippen LogP contribution < -0.4 is 10.1 Å². The molecule has 4 rings (SSSR count). The van der Waals surface area contributed by atoms with Crippen molar-refractivity contribution in [3.8, 4) is 11.5 Å². The fourth-order valence-corrected chi connectivity index (χ4v) is 3.05. The van der Waals surface area contributed by atoms with Crippen molar-refractivity contribution in [2.24, 2.45) is 0 Å². The molecule has 0 fully saturated rings. The third kappa shape index (κ3) is 3.38. The van der Waals surface area contributed by atoms with Crippen LogP contribution in [-0.2, 0) is 9.53 Å². The molecule has 5 heteroatoms. The van der Waals surface area contributed by atoms with E-state index in [-0.39, 0.29) is 5.91 Å². The van der Waals surface area contributed by atoms with Gasteiger partial charge < -0.3 is 14.8 Å². The molecule has 1 aliphatic rings. The Morgan fingerprint density at radius 1 is 0.964 bits per heavy atom. The van der Waals surface area contributed by atoms with Crippen molar-refractivity contribution in [3.05, 3.63) is 89.5 Å². The molecule has 0 saturated carbocycles. The number of nitrogens with one attached hydrogen (secondary N) is 1. The summed E-state index contributed by atoms with van der Waals surface area (Å²) in [5, 5.41) is 2.80. The number of amides is 1. The molecule has 0 radical (unpaired) electrons. The van der Waals surface area contributed by atoms with Gasteiger partial charge in [-0.05, 0) is 36.4 Å². The van der Waals surface area contributed by atoms with E-state index in [0.717, 1.165) is 11.1 Å². The molecule has 1 N–H and O–H groups in total. The van der Waals surface area contributed by atoms with Crippen LogP contribution in [-0.4, -0.2) is 19.0 Å². The minimum Gasteiger partial charge on any atom is -0.465 e. The third-order valence-corrected chi connectivity index (χ3v) is 4.41. The van der Waals surface area contributed by atoms with Crippen molar-refractivity contribution in [2.45, 2.75) is 0 Å². The number of carbonyl (C=O) groups excluding carboxylic acids is 2. The number of ether oxygens (including phenoxy) is 2. The first-order valence-electron chi connectivity index (χ1n) is 8.73. The monoisotopic (exact) mass is 371 g/mol. The topological polar surface area (TPSA) is 64.6 Å². The maximum atomic E-state index is 12.5. The Kier molecular flexibility index (Phi) is 4.64. The van der Waals surface area contributed by atoms with E-state index >= 15 is 0 Å². The molecule has 0 unspecified atom stereocenters. The molecule has 1 aliphatic heterocycles. The van der Waals surface area contributed by atoms with Gasteiger partial charge in [0.05, 0.1) is 12.7 Å². The van der Waals surface area contributed by atoms with Gasteiger partial charge in [-0.3, -0.25) is 4.79 Å². The van der Waals surface area contributed by atoms with Crippen LogP contribution in [0.4, 0.5) is 5.69 Å². The molecule has 0 atom stereocenters. The summed E-state index contributed by atoms with van der Waals surface area (Å²) >= 11 is 0. The predicted octanol–water partition coefficient (Wildman–Crippen LogP) is 4.76. The number of hydrogen-bond acceptors (Lipinski definition) is 4. The molecule has 0 spiro atoms. The Hall–Kier alpha value is -3.86. The highest BCUT2D eigenvalue weighted by Gasteiger charge is 2.25. The summed E-state index contributed by atoms with van der Waals surface area (Å²) in [6.07, 6.45) is 1.79. The Morgan fingerprint density at radius 2 is 1.71 bits per heavy atom. The number of anilines is 1. The van der Waals surface area contributed by atoms with Gasteiger partial charge >= 0.3 is 5.97 Å². The summed E-state index contributed by atoms with van der Waals surface area (Å²) in [5.41, 5.74) is 2.99. The minimum absolute atomic E-state index is 0.230. The van der Waals surface area contributed by atoms with Crippen LogP contribution in [0.1, 0.15) is 21.5 Å². The molecule has 0 bridgehead atoms. The molecule has 1 amide bonds. The Labute approximate surface area is 162 Å². The number of hydrogen-bond donors (Lipinski definition) is 1. The number of para-hydroxylation sites is 2. The molecule has 28 heavy (non-hydrogen) atoms. The van der Waals surface area contributed by atoms with Gasteiger partial charge in [-0.15, -0.1) is 0 Å². The predicted molar refractivity (Wildman–Crippen MR) is 107 cm³/mol. The number of rotatable bonds is 4. The summed E-state index contributed by atoms with van der Waals surface area (Å²) in [5.74, 6) is 0.684. The van der Waals surface area contributed by atoms with E-state index in [9.17, 15) is 9.59 Å². The largest absolute Gasteiger partial charge is 0.465 e. The maximum Gasteiger partial charge on any atom is 0.337 e. The zero-order chi connectivity index (χ0) is 19.5. The lowest BCUT2D eigenvalue weighted by Gasteiger charge is -2.09. The van der Waals surface area contributed by atoms with Crippen molar-refractivity contribution >= 4 is 29.2 Å². The summed E-state index contributed by atoms with van der Waals surface area (Å²) in [6, 6.07) is 22.0. The van der Waals surface area contributed by atoms with Crippen LogP contribution in [0.5, 0.6) is 11.5 Å². The highest BCUT2D eigenvalue weighted by atomic mass is 16.5. The van der Waals surface area contributed by atoms with Crippen molar-refractivity contribution in [2.75, 3.05) is 12.4 Å². The van der Waals surface area contributed by atoms with Gasteiger partial charge in [0, 0.05) is 22.4 Å². The Morgan fingerprint density at radius 3 is 2.50 bits per heavy atom. The highest BCUT2D eigenvalue weighted by molar-refractivity contribution is 6.35. The number of benzene rings is 3. The van der Waals surface area contributed by atoms with E-state index in [1.807, 2.05) is 54.6 Å². The zero-order valence-electron chi connectivity index (χ0n) is 15.1. The normalized spacial score (nSPS) is 13.8. The molecule has 5 nitrogen and oxygen atoms in total. The summed E-state index contributed by atoms with van der Waals surface area (Å²) in [6.45, 7) is 0. The smallest absolute Gasteiger partial charge is 0.337 e. The summed E-state index contributed by atoms with van der Waals surface area (Å²) < 4.78 is 10.7.